The molecule has 0 spiro atoms. The average molecular weight is 219 g/mol. The van der Waals surface area contributed by atoms with Crippen molar-refractivity contribution >= 4 is 11.6 Å². The molecule has 0 saturated heterocycles. The molecule has 1 heteroatoms. The van der Waals surface area contributed by atoms with Crippen molar-refractivity contribution < 1.29 is 0 Å². The average Bonchev–Trinajstić information content (AvgIpc) is 2.32. The number of hydrogen-bond acceptors (Lipinski definition) is 0. The minimum absolute atomic E-state index is 0.722. The molecule has 0 atom stereocenters. The normalized spacial score (nSPS) is 8.93. The molecule has 78 valence electrons. The topological polar surface area (TPSA) is 0 Å². The van der Waals surface area contributed by atoms with Crippen molar-refractivity contribution in [3.63, 3.8) is 0 Å². The molecular formula is C14H15Cl. The molecule has 0 aromatic heterocycles. The smallest absolute Gasteiger partial charge is 0.0195 e. The van der Waals surface area contributed by atoms with Crippen LogP contribution >= 0.6 is 11.6 Å². The SMILES string of the molecule is CCCl.c1ccc(-c2ccccc2)cc1. The van der Waals surface area contributed by atoms with Crippen molar-refractivity contribution in [2.24, 2.45) is 0 Å². The molecule has 0 nitrogen and oxygen atoms in total. The van der Waals surface area contributed by atoms with Gasteiger partial charge >= 0.3 is 0 Å². The Balaban J connectivity index is 0.000000337. The highest BCUT2D eigenvalue weighted by Crippen LogP contribution is 2.17. The summed E-state index contributed by atoms with van der Waals surface area (Å²) < 4.78 is 0. The number of hydrogen-bond donors (Lipinski definition) is 0. The molecule has 0 aliphatic carbocycles. The van der Waals surface area contributed by atoms with Gasteiger partial charge < -0.3 is 0 Å². The first-order valence-electron chi connectivity index (χ1n) is 5.05. The van der Waals surface area contributed by atoms with Gasteiger partial charge in [0.2, 0.25) is 0 Å². The molecule has 2 aromatic carbocycles. The Morgan fingerprint density at radius 3 is 1.27 bits per heavy atom. The first-order valence-corrected chi connectivity index (χ1v) is 5.58. The molecule has 0 heterocycles. The largest absolute Gasteiger partial charge is 0.127 e. The molecule has 0 radical (unpaired) electrons. The van der Waals surface area contributed by atoms with Crippen molar-refractivity contribution in [1.82, 2.24) is 0 Å². The van der Waals surface area contributed by atoms with Crippen LogP contribution in [0.25, 0.3) is 11.1 Å². The third-order valence-corrected chi connectivity index (χ3v) is 1.88. The molecule has 0 saturated carbocycles. The minimum atomic E-state index is 0.722. The second-order valence-electron chi connectivity index (χ2n) is 3.00. The molecule has 0 bridgehead atoms. The Morgan fingerprint density at radius 1 is 0.733 bits per heavy atom. The van der Waals surface area contributed by atoms with E-state index in [2.05, 4.69) is 48.5 Å². The van der Waals surface area contributed by atoms with Crippen molar-refractivity contribution in [3.05, 3.63) is 60.7 Å². The zero-order chi connectivity index (χ0) is 10.9. The maximum absolute atomic E-state index is 5.00. The van der Waals surface area contributed by atoms with Crippen LogP contribution in [-0.2, 0) is 0 Å². The maximum Gasteiger partial charge on any atom is 0.0195 e. The summed E-state index contributed by atoms with van der Waals surface area (Å²) >= 11 is 5.00. The van der Waals surface area contributed by atoms with Gasteiger partial charge in [0, 0.05) is 5.88 Å². The lowest BCUT2D eigenvalue weighted by atomic mass is 10.1. The van der Waals surface area contributed by atoms with Crippen LogP contribution in [0.2, 0.25) is 0 Å². The van der Waals surface area contributed by atoms with Gasteiger partial charge in [-0.2, -0.15) is 0 Å². The zero-order valence-electron chi connectivity index (χ0n) is 8.86. The van der Waals surface area contributed by atoms with Crippen LogP contribution in [-0.4, -0.2) is 5.88 Å². The molecule has 0 unspecified atom stereocenters. The van der Waals surface area contributed by atoms with Gasteiger partial charge in [0.1, 0.15) is 0 Å². The van der Waals surface area contributed by atoms with Gasteiger partial charge in [-0.3, -0.25) is 0 Å². The molecule has 15 heavy (non-hydrogen) atoms. The number of halogens is 1. The van der Waals surface area contributed by atoms with Gasteiger partial charge in [-0.1, -0.05) is 67.6 Å². The first kappa shape index (κ1) is 11.8. The van der Waals surface area contributed by atoms with E-state index in [1.807, 2.05) is 19.1 Å². The van der Waals surface area contributed by atoms with Gasteiger partial charge in [-0.25, -0.2) is 0 Å². The Kier molecular flexibility index (Phi) is 5.57. The maximum atomic E-state index is 5.00. The molecule has 0 aliphatic heterocycles. The monoisotopic (exact) mass is 218 g/mol. The second-order valence-corrected chi connectivity index (χ2v) is 3.53. The number of alkyl halides is 1. The van der Waals surface area contributed by atoms with Crippen LogP contribution in [0.4, 0.5) is 0 Å². The van der Waals surface area contributed by atoms with E-state index in [4.69, 9.17) is 11.6 Å². The van der Waals surface area contributed by atoms with Gasteiger partial charge in [0.15, 0.2) is 0 Å². The molecular weight excluding hydrogens is 204 g/mol. The van der Waals surface area contributed by atoms with E-state index < -0.39 is 0 Å². The molecule has 0 fully saturated rings. The van der Waals surface area contributed by atoms with E-state index in [0.717, 1.165) is 5.88 Å². The van der Waals surface area contributed by atoms with Crippen molar-refractivity contribution in [3.8, 4) is 11.1 Å². The van der Waals surface area contributed by atoms with Crippen LogP contribution in [0.5, 0.6) is 0 Å². The Morgan fingerprint density at radius 2 is 1.00 bits per heavy atom. The third kappa shape index (κ3) is 4.18. The van der Waals surface area contributed by atoms with Gasteiger partial charge in [0.25, 0.3) is 0 Å². The molecule has 0 aliphatic rings. The second kappa shape index (κ2) is 7.08. The summed E-state index contributed by atoms with van der Waals surface area (Å²) in [5.74, 6) is 0.722. The van der Waals surface area contributed by atoms with E-state index in [0.29, 0.717) is 0 Å². The van der Waals surface area contributed by atoms with Gasteiger partial charge in [-0.15, -0.1) is 11.6 Å². The summed E-state index contributed by atoms with van der Waals surface area (Å²) in [6.07, 6.45) is 0. The molecule has 0 amide bonds. The fourth-order valence-electron chi connectivity index (χ4n) is 1.26. The van der Waals surface area contributed by atoms with E-state index in [9.17, 15) is 0 Å². The van der Waals surface area contributed by atoms with E-state index in [1.54, 1.807) is 0 Å². The fourth-order valence-corrected chi connectivity index (χ4v) is 1.26. The lowest BCUT2D eigenvalue weighted by molar-refractivity contribution is 1.51. The highest BCUT2D eigenvalue weighted by molar-refractivity contribution is 6.17. The molecule has 2 aromatic rings. The van der Waals surface area contributed by atoms with E-state index in [1.165, 1.54) is 11.1 Å². The Labute approximate surface area is 96.5 Å². The minimum Gasteiger partial charge on any atom is -0.127 e. The quantitative estimate of drug-likeness (QED) is 0.614. The summed E-state index contributed by atoms with van der Waals surface area (Å²) in [5, 5.41) is 0. The summed E-state index contributed by atoms with van der Waals surface area (Å²) in [6, 6.07) is 20.8. The Hall–Kier alpha value is -1.27. The third-order valence-electron chi connectivity index (χ3n) is 1.88. The highest BCUT2D eigenvalue weighted by Gasteiger charge is 1.91. The number of rotatable bonds is 1. The van der Waals surface area contributed by atoms with Gasteiger partial charge in [-0.05, 0) is 11.1 Å². The van der Waals surface area contributed by atoms with Crippen LogP contribution in [0.3, 0.4) is 0 Å². The summed E-state index contributed by atoms with van der Waals surface area (Å²) in [6.45, 7) is 1.89. The Bertz CT molecular complexity index is 316. The number of benzene rings is 2. The summed E-state index contributed by atoms with van der Waals surface area (Å²) in [4.78, 5) is 0. The highest BCUT2D eigenvalue weighted by atomic mass is 35.5. The lowest BCUT2D eigenvalue weighted by Crippen LogP contribution is -1.73. The van der Waals surface area contributed by atoms with Crippen molar-refractivity contribution in [2.45, 2.75) is 6.92 Å². The van der Waals surface area contributed by atoms with Crippen molar-refractivity contribution in [2.75, 3.05) is 5.88 Å². The molecule has 2 rings (SSSR count). The predicted octanol–water partition coefficient (Wildman–Crippen LogP) is 4.60. The standard InChI is InChI=1S/C12H10.C2H5Cl/c1-3-7-11(8-4-1)12-9-5-2-6-10-12;1-2-3/h1-10H;2H2,1H3. The van der Waals surface area contributed by atoms with E-state index >= 15 is 0 Å². The van der Waals surface area contributed by atoms with E-state index in [-0.39, 0.29) is 0 Å². The van der Waals surface area contributed by atoms with Crippen LogP contribution < -0.4 is 0 Å². The van der Waals surface area contributed by atoms with Crippen LogP contribution in [0, 0.1) is 0 Å². The predicted molar refractivity (Wildman–Crippen MR) is 68.3 cm³/mol. The first-order chi connectivity index (χ1) is 7.38. The van der Waals surface area contributed by atoms with Crippen LogP contribution in [0.1, 0.15) is 6.92 Å². The summed E-state index contributed by atoms with van der Waals surface area (Å²) in [5.41, 5.74) is 2.55. The van der Waals surface area contributed by atoms with Crippen molar-refractivity contribution in [1.29, 1.82) is 0 Å². The lowest BCUT2D eigenvalue weighted by Gasteiger charge is -1.98. The fraction of sp³-hybridized carbons (Fsp3) is 0.143. The van der Waals surface area contributed by atoms with Gasteiger partial charge in [0.05, 0.1) is 0 Å². The summed E-state index contributed by atoms with van der Waals surface area (Å²) in [7, 11) is 0. The zero-order valence-corrected chi connectivity index (χ0v) is 9.61. The molecule has 0 N–H and O–H groups in total. The van der Waals surface area contributed by atoms with Crippen LogP contribution in [0.15, 0.2) is 60.7 Å².